The molecule has 0 aliphatic carbocycles. The van der Waals surface area contributed by atoms with Crippen LogP contribution in [0.15, 0.2) is 24.3 Å². The molecule has 2 heterocycles. The Morgan fingerprint density at radius 3 is 2.80 bits per heavy atom. The largest absolute Gasteiger partial charge is 0.481 e. The number of benzene rings is 1. The number of aliphatic carboxylic acids is 1. The van der Waals surface area contributed by atoms with Crippen molar-refractivity contribution in [2.75, 3.05) is 0 Å². The van der Waals surface area contributed by atoms with Gasteiger partial charge in [-0.1, -0.05) is 12.1 Å². The number of hydrogen-bond donors (Lipinski definition) is 1. The van der Waals surface area contributed by atoms with Crippen molar-refractivity contribution in [2.45, 2.75) is 31.7 Å². The van der Waals surface area contributed by atoms with E-state index in [1.54, 1.807) is 12.1 Å². The molecule has 1 aliphatic rings. The zero-order chi connectivity index (χ0) is 14.1. The average molecular weight is 275 g/mol. The highest BCUT2D eigenvalue weighted by molar-refractivity contribution is 5.75. The fraction of sp³-hybridized carbons (Fsp3) is 0.357. The van der Waals surface area contributed by atoms with Crippen molar-refractivity contribution in [1.29, 1.82) is 0 Å². The zero-order valence-corrected chi connectivity index (χ0v) is 10.8. The van der Waals surface area contributed by atoms with Crippen LogP contribution in [0, 0.1) is 5.82 Å². The number of rotatable bonds is 3. The van der Waals surface area contributed by atoms with Crippen molar-refractivity contribution in [3.05, 3.63) is 47.3 Å². The molecule has 1 N–H and O–H groups in total. The van der Waals surface area contributed by atoms with Crippen molar-refractivity contribution in [1.82, 2.24) is 14.8 Å². The smallest absolute Gasteiger partial charge is 0.314 e. The first-order valence-corrected chi connectivity index (χ1v) is 6.54. The maximum Gasteiger partial charge on any atom is 0.314 e. The van der Waals surface area contributed by atoms with Crippen LogP contribution in [0.3, 0.4) is 0 Å². The second-order valence-corrected chi connectivity index (χ2v) is 4.96. The van der Waals surface area contributed by atoms with Gasteiger partial charge >= 0.3 is 5.97 Å². The minimum absolute atomic E-state index is 0.275. The summed E-state index contributed by atoms with van der Waals surface area (Å²) in [6.07, 6.45) is 1.93. The van der Waals surface area contributed by atoms with Gasteiger partial charge < -0.3 is 9.67 Å². The van der Waals surface area contributed by atoms with Gasteiger partial charge in [0.2, 0.25) is 0 Å². The Kier molecular flexibility index (Phi) is 3.22. The van der Waals surface area contributed by atoms with Gasteiger partial charge in [0.25, 0.3) is 0 Å². The number of aromatic nitrogens is 3. The highest BCUT2D eigenvalue weighted by Gasteiger charge is 2.30. The van der Waals surface area contributed by atoms with E-state index in [1.165, 1.54) is 12.1 Å². The molecule has 20 heavy (non-hydrogen) atoms. The third-order valence-corrected chi connectivity index (χ3v) is 3.62. The van der Waals surface area contributed by atoms with E-state index in [-0.39, 0.29) is 5.82 Å². The normalized spacial score (nSPS) is 17.8. The SMILES string of the molecule is O=C(O)C1CCCn2c(Cc3ccc(F)cc3)nnc21. The molecule has 0 fully saturated rings. The predicted octanol–water partition coefficient (Wildman–Crippen LogP) is 1.97. The Hall–Kier alpha value is -2.24. The quantitative estimate of drug-likeness (QED) is 0.930. The Morgan fingerprint density at radius 2 is 2.10 bits per heavy atom. The summed E-state index contributed by atoms with van der Waals surface area (Å²) in [5, 5.41) is 17.3. The molecule has 1 aliphatic heterocycles. The van der Waals surface area contributed by atoms with Gasteiger partial charge in [0.15, 0.2) is 0 Å². The molecule has 3 rings (SSSR count). The molecule has 5 nitrogen and oxygen atoms in total. The minimum Gasteiger partial charge on any atom is -0.481 e. The fourth-order valence-corrected chi connectivity index (χ4v) is 2.58. The molecular formula is C14H14FN3O2. The fourth-order valence-electron chi connectivity index (χ4n) is 2.58. The maximum absolute atomic E-state index is 12.9. The maximum atomic E-state index is 12.9. The van der Waals surface area contributed by atoms with Crippen LogP contribution >= 0.6 is 0 Å². The molecular weight excluding hydrogens is 261 g/mol. The molecule has 0 saturated carbocycles. The van der Waals surface area contributed by atoms with E-state index in [4.69, 9.17) is 0 Å². The monoisotopic (exact) mass is 275 g/mol. The standard InChI is InChI=1S/C14H14FN3O2/c15-10-5-3-9(4-6-10)8-12-16-17-13-11(14(19)20)2-1-7-18(12)13/h3-6,11H,1-2,7-8H2,(H,19,20). The van der Waals surface area contributed by atoms with Crippen molar-refractivity contribution in [3.63, 3.8) is 0 Å². The summed E-state index contributed by atoms with van der Waals surface area (Å²) in [6.45, 7) is 0.739. The lowest BCUT2D eigenvalue weighted by atomic mass is 9.99. The number of hydrogen-bond acceptors (Lipinski definition) is 3. The van der Waals surface area contributed by atoms with Crippen molar-refractivity contribution in [2.24, 2.45) is 0 Å². The van der Waals surface area contributed by atoms with Gasteiger partial charge in [-0.3, -0.25) is 4.79 Å². The van der Waals surface area contributed by atoms with Gasteiger partial charge in [0.05, 0.1) is 0 Å². The predicted molar refractivity (Wildman–Crippen MR) is 68.8 cm³/mol. The first-order valence-electron chi connectivity index (χ1n) is 6.54. The van der Waals surface area contributed by atoms with Crippen LogP contribution in [0.1, 0.15) is 36.0 Å². The van der Waals surface area contributed by atoms with Crippen LogP contribution in [0.2, 0.25) is 0 Å². The van der Waals surface area contributed by atoms with Gasteiger partial charge in [-0.15, -0.1) is 10.2 Å². The van der Waals surface area contributed by atoms with Gasteiger partial charge in [0.1, 0.15) is 23.4 Å². The molecule has 0 amide bonds. The minimum atomic E-state index is -0.855. The summed E-state index contributed by atoms with van der Waals surface area (Å²) in [6, 6.07) is 6.22. The van der Waals surface area contributed by atoms with Gasteiger partial charge in [-0.05, 0) is 30.5 Å². The molecule has 0 radical (unpaired) electrons. The Labute approximate surface area is 115 Å². The van der Waals surface area contributed by atoms with E-state index in [0.717, 1.165) is 24.4 Å². The van der Waals surface area contributed by atoms with Crippen molar-refractivity contribution in [3.8, 4) is 0 Å². The molecule has 6 heteroatoms. The highest BCUT2D eigenvalue weighted by atomic mass is 19.1. The summed E-state index contributed by atoms with van der Waals surface area (Å²) < 4.78 is 14.8. The summed E-state index contributed by atoms with van der Waals surface area (Å²) >= 11 is 0. The van der Waals surface area contributed by atoms with Gasteiger partial charge in [-0.25, -0.2) is 4.39 Å². The Balaban J connectivity index is 1.89. The molecule has 1 aromatic heterocycles. The molecule has 1 atom stereocenters. The summed E-state index contributed by atoms with van der Waals surface area (Å²) in [7, 11) is 0. The Bertz CT molecular complexity index is 636. The lowest BCUT2D eigenvalue weighted by Gasteiger charge is -2.20. The molecule has 1 unspecified atom stereocenters. The topological polar surface area (TPSA) is 68.0 Å². The van der Waals surface area contributed by atoms with Gasteiger partial charge in [-0.2, -0.15) is 0 Å². The number of carboxylic acids is 1. The van der Waals surface area contributed by atoms with Crippen molar-refractivity contribution >= 4 is 5.97 Å². The molecule has 2 aromatic rings. The molecule has 0 saturated heterocycles. The average Bonchev–Trinajstić information content (AvgIpc) is 2.84. The molecule has 0 bridgehead atoms. The number of nitrogens with zero attached hydrogens (tertiary/aromatic N) is 3. The lowest BCUT2D eigenvalue weighted by molar-refractivity contribution is -0.139. The highest BCUT2D eigenvalue weighted by Crippen LogP contribution is 2.27. The molecule has 104 valence electrons. The van der Waals surface area contributed by atoms with E-state index in [1.807, 2.05) is 4.57 Å². The Morgan fingerprint density at radius 1 is 1.35 bits per heavy atom. The number of halogens is 1. The van der Waals surface area contributed by atoms with Gasteiger partial charge in [0, 0.05) is 13.0 Å². The van der Waals surface area contributed by atoms with Crippen LogP contribution in [0.5, 0.6) is 0 Å². The van der Waals surface area contributed by atoms with E-state index < -0.39 is 11.9 Å². The van der Waals surface area contributed by atoms with Crippen LogP contribution in [0.25, 0.3) is 0 Å². The third kappa shape index (κ3) is 2.29. The molecule has 1 aromatic carbocycles. The van der Waals surface area contributed by atoms with E-state index >= 15 is 0 Å². The first kappa shape index (κ1) is 12.8. The third-order valence-electron chi connectivity index (χ3n) is 3.62. The lowest BCUT2D eigenvalue weighted by Crippen LogP contribution is -2.23. The van der Waals surface area contributed by atoms with Crippen LogP contribution in [0.4, 0.5) is 4.39 Å². The number of carbonyl (C=O) groups is 1. The second kappa shape index (κ2) is 5.03. The number of carboxylic acid groups (broad SMARTS) is 1. The van der Waals surface area contributed by atoms with Crippen LogP contribution in [-0.2, 0) is 17.8 Å². The van der Waals surface area contributed by atoms with Crippen LogP contribution < -0.4 is 0 Å². The van der Waals surface area contributed by atoms with E-state index in [2.05, 4.69) is 10.2 Å². The number of fused-ring (bicyclic) bond motifs is 1. The zero-order valence-electron chi connectivity index (χ0n) is 10.8. The summed E-state index contributed by atoms with van der Waals surface area (Å²) in [5.74, 6) is -0.439. The van der Waals surface area contributed by atoms with E-state index in [0.29, 0.717) is 18.7 Å². The summed E-state index contributed by atoms with van der Waals surface area (Å²) in [5.41, 5.74) is 0.930. The second-order valence-electron chi connectivity index (χ2n) is 4.96. The molecule has 0 spiro atoms. The van der Waals surface area contributed by atoms with E-state index in [9.17, 15) is 14.3 Å². The summed E-state index contributed by atoms with van der Waals surface area (Å²) in [4.78, 5) is 11.2. The first-order chi connectivity index (χ1) is 9.65. The van der Waals surface area contributed by atoms with Crippen molar-refractivity contribution < 1.29 is 14.3 Å². The van der Waals surface area contributed by atoms with Crippen LogP contribution in [-0.4, -0.2) is 25.8 Å².